The number of rotatable bonds is 1. The summed E-state index contributed by atoms with van der Waals surface area (Å²) < 4.78 is 13.3. The van der Waals surface area contributed by atoms with E-state index in [9.17, 15) is 9.50 Å². The number of hydrogen-bond acceptors (Lipinski definition) is 2. The average molecular weight is 209 g/mol. The smallest absolute Gasteiger partial charge is 0.128 e. The van der Waals surface area contributed by atoms with Crippen LogP contribution in [0.4, 0.5) is 10.1 Å². The minimum Gasteiger partial charge on any atom is -0.393 e. The van der Waals surface area contributed by atoms with Crippen molar-refractivity contribution in [1.29, 1.82) is 0 Å². The molecule has 1 aliphatic rings. The molecule has 82 valence electrons. The summed E-state index contributed by atoms with van der Waals surface area (Å²) in [6.07, 6.45) is 1.36. The number of piperidine rings is 1. The van der Waals surface area contributed by atoms with Gasteiger partial charge in [0.2, 0.25) is 0 Å². The van der Waals surface area contributed by atoms with Crippen LogP contribution in [0.15, 0.2) is 18.2 Å². The van der Waals surface area contributed by atoms with Crippen LogP contribution in [0.1, 0.15) is 18.4 Å². The Bertz CT molecular complexity index is 345. The molecule has 1 heterocycles. The van der Waals surface area contributed by atoms with Crippen molar-refractivity contribution in [3.8, 4) is 0 Å². The zero-order valence-corrected chi connectivity index (χ0v) is 8.91. The highest BCUT2D eigenvalue weighted by Crippen LogP contribution is 2.22. The maximum Gasteiger partial charge on any atom is 0.128 e. The molecular formula is C12H16FNO. The Morgan fingerprint density at radius 2 is 2.00 bits per heavy atom. The summed E-state index contributed by atoms with van der Waals surface area (Å²) in [5.41, 5.74) is 1.60. The molecule has 1 N–H and O–H groups in total. The Morgan fingerprint density at radius 1 is 1.33 bits per heavy atom. The van der Waals surface area contributed by atoms with Gasteiger partial charge < -0.3 is 10.0 Å². The van der Waals surface area contributed by atoms with Crippen molar-refractivity contribution < 1.29 is 9.50 Å². The van der Waals surface area contributed by atoms with Crippen molar-refractivity contribution in [3.05, 3.63) is 29.6 Å². The van der Waals surface area contributed by atoms with E-state index >= 15 is 0 Å². The van der Waals surface area contributed by atoms with Gasteiger partial charge in [0.05, 0.1) is 6.10 Å². The Hall–Kier alpha value is -1.09. The van der Waals surface area contributed by atoms with Crippen LogP contribution in [0, 0.1) is 12.7 Å². The van der Waals surface area contributed by atoms with Crippen LogP contribution < -0.4 is 4.90 Å². The van der Waals surface area contributed by atoms with Gasteiger partial charge in [-0.1, -0.05) is 6.07 Å². The van der Waals surface area contributed by atoms with Crippen LogP contribution in [-0.4, -0.2) is 24.3 Å². The summed E-state index contributed by atoms with van der Waals surface area (Å²) in [5.74, 6) is -0.154. The SMILES string of the molecule is Cc1ccc(N2CCC(O)CC2)cc1F. The standard InChI is InChI=1S/C12H16FNO/c1-9-2-3-10(8-12(9)13)14-6-4-11(15)5-7-14/h2-3,8,11,15H,4-7H2,1H3. The van der Waals surface area contributed by atoms with Crippen molar-refractivity contribution >= 4 is 5.69 Å². The van der Waals surface area contributed by atoms with Crippen molar-refractivity contribution in [2.24, 2.45) is 0 Å². The first-order valence-electron chi connectivity index (χ1n) is 5.36. The molecule has 0 aromatic heterocycles. The van der Waals surface area contributed by atoms with Crippen LogP contribution in [-0.2, 0) is 0 Å². The van der Waals surface area contributed by atoms with Crippen molar-refractivity contribution in [2.45, 2.75) is 25.9 Å². The van der Waals surface area contributed by atoms with Crippen molar-refractivity contribution in [3.63, 3.8) is 0 Å². The van der Waals surface area contributed by atoms with Gasteiger partial charge in [-0.2, -0.15) is 0 Å². The first-order valence-corrected chi connectivity index (χ1v) is 5.36. The van der Waals surface area contributed by atoms with E-state index in [4.69, 9.17) is 0 Å². The van der Waals surface area contributed by atoms with Crippen molar-refractivity contribution in [2.75, 3.05) is 18.0 Å². The lowest BCUT2D eigenvalue weighted by molar-refractivity contribution is 0.145. The fourth-order valence-corrected chi connectivity index (χ4v) is 1.90. The molecule has 0 aliphatic carbocycles. The third-order valence-electron chi connectivity index (χ3n) is 2.99. The molecule has 0 atom stereocenters. The molecule has 1 aromatic carbocycles. The molecule has 0 radical (unpaired) electrons. The molecule has 1 saturated heterocycles. The molecule has 2 nitrogen and oxygen atoms in total. The minimum atomic E-state index is -0.184. The average Bonchev–Trinajstić information content (AvgIpc) is 2.23. The zero-order valence-electron chi connectivity index (χ0n) is 8.91. The largest absolute Gasteiger partial charge is 0.393 e. The first-order chi connectivity index (χ1) is 7.16. The fourth-order valence-electron chi connectivity index (χ4n) is 1.90. The number of aliphatic hydroxyl groups is 1. The summed E-state index contributed by atoms with van der Waals surface area (Å²) in [6.45, 7) is 3.38. The minimum absolute atomic E-state index is 0.154. The van der Waals surface area contributed by atoms with Crippen LogP contribution >= 0.6 is 0 Å². The predicted octanol–water partition coefficient (Wildman–Crippen LogP) is 2.10. The Balaban J connectivity index is 2.12. The Morgan fingerprint density at radius 3 is 2.60 bits per heavy atom. The van der Waals surface area contributed by atoms with E-state index in [1.165, 1.54) is 0 Å². The van der Waals surface area contributed by atoms with E-state index in [1.54, 1.807) is 19.1 Å². The van der Waals surface area contributed by atoms with Gasteiger partial charge >= 0.3 is 0 Å². The molecule has 1 aliphatic heterocycles. The third-order valence-corrected chi connectivity index (χ3v) is 2.99. The number of aryl methyl sites for hydroxylation is 1. The van der Waals surface area contributed by atoms with Crippen LogP contribution in [0.3, 0.4) is 0 Å². The molecule has 1 aromatic rings. The second kappa shape index (κ2) is 4.19. The topological polar surface area (TPSA) is 23.5 Å². The van der Waals surface area contributed by atoms with E-state index in [0.717, 1.165) is 31.6 Å². The molecule has 3 heteroatoms. The maximum absolute atomic E-state index is 13.3. The van der Waals surface area contributed by atoms with E-state index in [-0.39, 0.29) is 11.9 Å². The second-order valence-electron chi connectivity index (χ2n) is 4.15. The summed E-state index contributed by atoms with van der Waals surface area (Å²) in [5, 5.41) is 9.37. The Kier molecular flexibility index (Phi) is 2.91. The predicted molar refractivity (Wildman–Crippen MR) is 58.6 cm³/mol. The van der Waals surface area contributed by atoms with Gasteiger partial charge in [-0.3, -0.25) is 0 Å². The van der Waals surface area contributed by atoms with Crippen LogP contribution in [0.2, 0.25) is 0 Å². The van der Waals surface area contributed by atoms with Gasteiger partial charge in [0.25, 0.3) is 0 Å². The number of nitrogens with zero attached hydrogens (tertiary/aromatic N) is 1. The van der Waals surface area contributed by atoms with Gasteiger partial charge in [0.15, 0.2) is 0 Å². The lowest BCUT2D eigenvalue weighted by atomic mass is 10.1. The van der Waals surface area contributed by atoms with E-state index in [2.05, 4.69) is 4.90 Å². The molecule has 0 spiro atoms. The highest BCUT2D eigenvalue weighted by molar-refractivity contribution is 5.48. The van der Waals surface area contributed by atoms with Crippen LogP contribution in [0.5, 0.6) is 0 Å². The molecule has 0 unspecified atom stereocenters. The number of aliphatic hydroxyl groups excluding tert-OH is 1. The highest BCUT2D eigenvalue weighted by Gasteiger charge is 2.17. The molecular weight excluding hydrogens is 193 g/mol. The van der Waals surface area contributed by atoms with Gasteiger partial charge in [-0.25, -0.2) is 4.39 Å². The van der Waals surface area contributed by atoms with E-state index in [0.29, 0.717) is 5.56 Å². The molecule has 0 saturated carbocycles. The maximum atomic E-state index is 13.3. The molecule has 2 rings (SSSR count). The number of halogens is 1. The second-order valence-corrected chi connectivity index (χ2v) is 4.15. The lowest BCUT2D eigenvalue weighted by Gasteiger charge is -2.31. The highest BCUT2D eigenvalue weighted by atomic mass is 19.1. The van der Waals surface area contributed by atoms with Crippen molar-refractivity contribution in [1.82, 2.24) is 0 Å². The van der Waals surface area contributed by atoms with Gasteiger partial charge in [-0.05, 0) is 37.5 Å². The van der Waals surface area contributed by atoms with Gasteiger partial charge in [-0.15, -0.1) is 0 Å². The molecule has 15 heavy (non-hydrogen) atoms. The fraction of sp³-hybridized carbons (Fsp3) is 0.500. The lowest BCUT2D eigenvalue weighted by Crippen LogP contribution is -2.35. The number of anilines is 1. The summed E-state index contributed by atoms with van der Waals surface area (Å²) >= 11 is 0. The van der Waals surface area contributed by atoms with Gasteiger partial charge in [0, 0.05) is 18.8 Å². The summed E-state index contributed by atoms with van der Waals surface area (Å²) in [4.78, 5) is 2.12. The summed E-state index contributed by atoms with van der Waals surface area (Å²) in [7, 11) is 0. The van der Waals surface area contributed by atoms with Crippen LogP contribution in [0.25, 0.3) is 0 Å². The van der Waals surface area contributed by atoms with E-state index in [1.807, 2.05) is 6.07 Å². The Labute approximate surface area is 89.3 Å². The number of hydrogen-bond donors (Lipinski definition) is 1. The molecule has 1 fully saturated rings. The number of benzene rings is 1. The monoisotopic (exact) mass is 209 g/mol. The third kappa shape index (κ3) is 2.29. The first kappa shape index (κ1) is 10.4. The summed E-state index contributed by atoms with van der Waals surface area (Å²) in [6, 6.07) is 5.32. The normalized spacial score (nSPS) is 18.2. The zero-order chi connectivity index (χ0) is 10.8. The molecule has 0 amide bonds. The molecule has 0 bridgehead atoms. The quantitative estimate of drug-likeness (QED) is 0.765. The van der Waals surface area contributed by atoms with E-state index < -0.39 is 0 Å². The van der Waals surface area contributed by atoms with Gasteiger partial charge in [0.1, 0.15) is 5.82 Å².